The Morgan fingerprint density at radius 2 is 1.54 bits per heavy atom. The molecule has 0 saturated heterocycles. The number of methoxy groups -OCH3 is 5. The molecule has 4 rings (SSSR count). The van der Waals surface area contributed by atoms with E-state index in [2.05, 4.69) is 26.5 Å². The van der Waals surface area contributed by atoms with Crippen LogP contribution >= 0.6 is 27.5 Å². The number of carbonyl (C=O) groups excluding carboxylic acids is 1. The maximum Gasteiger partial charge on any atom is 0.265 e. The van der Waals surface area contributed by atoms with Gasteiger partial charge in [-0.05, 0) is 64.0 Å². The Morgan fingerprint density at radius 1 is 0.854 bits per heavy atom. The summed E-state index contributed by atoms with van der Waals surface area (Å²) in [7, 11) is 2.75. The number of sulfonamides is 1. The molecule has 4 aromatic rings. The van der Waals surface area contributed by atoms with Gasteiger partial charge in [0.2, 0.25) is 0 Å². The van der Waals surface area contributed by atoms with Crippen molar-refractivity contribution in [1.82, 2.24) is 5.43 Å². The molecule has 0 saturated carbocycles. The quantitative estimate of drug-likeness (QED) is 0.113. The van der Waals surface area contributed by atoms with Crippen LogP contribution in [0.2, 0.25) is 5.02 Å². The molecule has 0 aliphatic carbocycles. The summed E-state index contributed by atoms with van der Waals surface area (Å²) in [5.74, 6) is 1.15. The number of nitrogens with one attached hydrogen (secondary N) is 1. The molecule has 254 valence electrons. The zero-order valence-electron chi connectivity index (χ0n) is 26.7. The number of hydrogen-bond donors (Lipinski definition) is 1. The predicted octanol–water partition coefficient (Wildman–Crippen LogP) is 6.07. The van der Waals surface area contributed by atoms with Gasteiger partial charge in [-0.2, -0.15) is 5.10 Å². The Hall–Kier alpha value is -4.66. The second-order valence-electron chi connectivity index (χ2n) is 9.77. The third-order valence-electron chi connectivity index (χ3n) is 6.87. The van der Waals surface area contributed by atoms with Crippen molar-refractivity contribution in [3.8, 4) is 34.5 Å². The van der Waals surface area contributed by atoms with E-state index in [-0.39, 0.29) is 28.7 Å². The average Bonchev–Trinajstić information content (AvgIpc) is 3.09. The van der Waals surface area contributed by atoms with Gasteiger partial charge >= 0.3 is 0 Å². The molecule has 0 atom stereocenters. The molecule has 15 heteroatoms. The zero-order chi connectivity index (χ0) is 34.8. The molecule has 12 nitrogen and oxygen atoms in total. The average molecular weight is 763 g/mol. The normalized spacial score (nSPS) is 11.1. The first kappa shape index (κ1) is 36.2. The molecule has 4 aromatic carbocycles. The van der Waals surface area contributed by atoms with Crippen LogP contribution in [-0.4, -0.2) is 62.6 Å². The molecule has 1 amide bonds. The number of hydrazone groups is 1. The van der Waals surface area contributed by atoms with Gasteiger partial charge in [-0.15, -0.1) is 0 Å². The summed E-state index contributed by atoms with van der Waals surface area (Å²) in [4.78, 5) is 13.1. The lowest BCUT2D eigenvalue weighted by Crippen LogP contribution is -2.39. The van der Waals surface area contributed by atoms with E-state index < -0.39 is 22.5 Å². The number of ether oxygens (including phenoxy) is 6. The predicted molar refractivity (Wildman–Crippen MR) is 186 cm³/mol. The maximum absolute atomic E-state index is 14.1. The second kappa shape index (κ2) is 16.4. The Balaban J connectivity index is 1.59. The van der Waals surface area contributed by atoms with Gasteiger partial charge in [0.1, 0.15) is 24.7 Å². The first-order valence-electron chi connectivity index (χ1n) is 14.1. The van der Waals surface area contributed by atoms with Gasteiger partial charge in [0.05, 0.1) is 56.8 Å². The van der Waals surface area contributed by atoms with Gasteiger partial charge in [0, 0.05) is 22.7 Å². The van der Waals surface area contributed by atoms with Crippen molar-refractivity contribution in [1.29, 1.82) is 0 Å². The summed E-state index contributed by atoms with van der Waals surface area (Å²) in [6.45, 7) is -0.460. The molecule has 0 heterocycles. The highest BCUT2D eigenvalue weighted by atomic mass is 79.9. The fourth-order valence-electron chi connectivity index (χ4n) is 4.46. The second-order valence-corrected chi connectivity index (χ2v) is 12.9. The molecule has 1 N–H and O–H groups in total. The van der Waals surface area contributed by atoms with Crippen LogP contribution in [-0.2, 0) is 21.4 Å². The summed E-state index contributed by atoms with van der Waals surface area (Å²) in [6.07, 6.45) is 1.38. The van der Waals surface area contributed by atoms with E-state index in [0.717, 1.165) is 9.87 Å². The standard InChI is InChI=1S/C33H33BrClN3O9S/c1-42-23-10-12-28(43-2)27(16-23)38(48(40,41)24-11-13-29(44-3)30(17-24)45-4)19-32(39)37-36-18-21-14-25(34)33(31(15-21)46-5)47-20-22-8-6-7-9-26(22)35/h6-18H,19-20H2,1-5H3,(H,37,39)/b36-18-. The highest BCUT2D eigenvalue weighted by molar-refractivity contribution is 9.10. The Bertz CT molecular complexity index is 1910. The lowest BCUT2D eigenvalue weighted by molar-refractivity contribution is -0.119. The molecule has 0 aromatic heterocycles. The van der Waals surface area contributed by atoms with Crippen molar-refractivity contribution >= 4 is 55.4 Å². The van der Waals surface area contributed by atoms with Crippen LogP contribution in [0.25, 0.3) is 0 Å². The third-order valence-corrected chi connectivity index (χ3v) is 9.58. The largest absolute Gasteiger partial charge is 0.497 e. The van der Waals surface area contributed by atoms with Gasteiger partial charge in [0.15, 0.2) is 23.0 Å². The molecule has 0 bridgehead atoms. The first-order valence-corrected chi connectivity index (χ1v) is 16.7. The number of hydrogen-bond acceptors (Lipinski definition) is 10. The Labute approximate surface area is 292 Å². The highest BCUT2D eigenvalue weighted by Gasteiger charge is 2.31. The zero-order valence-corrected chi connectivity index (χ0v) is 29.8. The van der Waals surface area contributed by atoms with E-state index in [1.54, 1.807) is 24.3 Å². The minimum Gasteiger partial charge on any atom is -0.497 e. The first-order chi connectivity index (χ1) is 23.1. The lowest BCUT2D eigenvalue weighted by Gasteiger charge is -2.26. The van der Waals surface area contributed by atoms with Gasteiger partial charge in [-0.25, -0.2) is 13.8 Å². The maximum atomic E-state index is 14.1. The highest BCUT2D eigenvalue weighted by Crippen LogP contribution is 2.39. The SMILES string of the molecule is COc1ccc(OC)c(N(CC(=O)N/N=C\c2cc(Br)c(OCc3ccccc3Cl)c(OC)c2)S(=O)(=O)c2ccc(OC)c(OC)c2)c1. The summed E-state index contributed by atoms with van der Waals surface area (Å²) < 4.78 is 62.4. The molecule has 0 spiro atoms. The Kier molecular flexibility index (Phi) is 12.4. The molecule has 0 aliphatic rings. The number of anilines is 1. The lowest BCUT2D eigenvalue weighted by atomic mass is 10.2. The van der Waals surface area contributed by atoms with Crippen LogP contribution in [0.15, 0.2) is 87.3 Å². The van der Waals surface area contributed by atoms with Crippen molar-refractivity contribution < 1.29 is 41.6 Å². The van der Waals surface area contributed by atoms with Crippen molar-refractivity contribution in [2.45, 2.75) is 11.5 Å². The van der Waals surface area contributed by atoms with E-state index in [1.165, 1.54) is 72.1 Å². The van der Waals surface area contributed by atoms with Crippen LogP contribution in [0.5, 0.6) is 34.5 Å². The fourth-order valence-corrected chi connectivity index (χ4v) is 6.66. The summed E-state index contributed by atoms with van der Waals surface area (Å²) in [6, 6.07) is 19.4. The van der Waals surface area contributed by atoms with Crippen LogP contribution in [0.3, 0.4) is 0 Å². The van der Waals surface area contributed by atoms with E-state index in [4.69, 9.17) is 40.0 Å². The summed E-state index contributed by atoms with van der Waals surface area (Å²) in [5, 5.41) is 4.62. The molecule has 0 radical (unpaired) electrons. The van der Waals surface area contributed by atoms with Crippen LogP contribution in [0.1, 0.15) is 11.1 Å². The third kappa shape index (κ3) is 8.43. The van der Waals surface area contributed by atoms with E-state index in [9.17, 15) is 13.2 Å². The fraction of sp³-hybridized carbons (Fsp3) is 0.212. The van der Waals surface area contributed by atoms with Gasteiger partial charge < -0.3 is 28.4 Å². The summed E-state index contributed by atoms with van der Waals surface area (Å²) in [5.41, 5.74) is 3.80. The number of rotatable bonds is 15. The van der Waals surface area contributed by atoms with Crippen molar-refractivity contribution in [3.63, 3.8) is 0 Å². The van der Waals surface area contributed by atoms with E-state index in [0.29, 0.717) is 38.1 Å². The smallest absolute Gasteiger partial charge is 0.265 e. The molecular weight excluding hydrogens is 730 g/mol. The number of benzene rings is 4. The van der Waals surface area contributed by atoms with E-state index >= 15 is 0 Å². The molecule has 48 heavy (non-hydrogen) atoms. The topological polar surface area (TPSA) is 134 Å². The molecular formula is C33H33BrClN3O9S. The number of nitrogens with zero attached hydrogens (tertiary/aromatic N) is 2. The molecule has 0 fully saturated rings. The minimum atomic E-state index is -4.38. The Morgan fingerprint density at radius 3 is 2.21 bits per heavy atom. The van der Waals surface area contributed by atoms with Gasteiger partial charge in [-0.3, -0.25) is 9.10 Å². The molecule has 0 aliphatic heterocycles. The summed E-state index contributed by atoms with van der Waals surface area (Å²) >= 11 is 9.75. The number of halogens is 2. The van der Waals surface area contributed by atoms with Crippen molar-refractivity contribution in [3.05, 3.63) is 93.4 Å². The van der Waals surface area contributed by atoms with Gasteiger partial charge in [-0.1, -0.05) is 29.8 Å². The monoisotopic (exact) mass is 761 g/mol. The van der Waals surface area contributed by atoms with E-state index in [1.807, 2.05) is 18.2 Å². The van der Waals surface area contributed by atoms with Crippen LogP contribution in [0, 0.1) is 0 Å². The van der Waals surface area contributed by atoms with Gasteiger partial charge in [0.25, 0.3) is 15.9 Å². The minimum absolute atomic E-state index is 0.0619. The van der Waals surface area contributed by atoms with Crippen molar-refractivity contribution in [2.75, 3.05) is 46.4 Å². The van der Waals surface area contributed by atoms with Crippen LogP contribution in [0.4, 0.5) is 5.69 Å². The van der Waals surface area contributed by atoms with Crippen molar-refractivity contribution in [2.24, 2.45) is 5.10 Å². The number of carbonyl (C=O) groups is 1. The number of amides is 1. The van der Waals surface area contributed by atoms with Crippen LogP contribution < -0.4 is 38.2 Å². The molecule has 0 unspecified atom stereocenters.